The third-order valence-corrected chi connectivity index (χ3v) is 6.00. The van der Waals surface area contributed by atoms with Crippen LogP contribution in [0.1, 0.15) is 38.1 Å². The first kappa shape index (κ1) is 22.7. The van der Waals surface area contributed by atoms with Gasteiger partial charge in [-0.1, -0.05) is 57.5 Å². The van der Waals surface area contributed by atoms with Crippen LogP contribution >= 0.6 is 22.9 Å². The summed E-state index contributed by atoms with van der Waals surface area (Å²) in [6.07, 6.45) is 0. The minimum absolute atomic E-state index is 0.0634. The first-order valence-corrected chi connectivity index (χ1v) is 11.7. The fraction of sp³-hybridized carbons (Fsp3) is 0.417. The lowest BCUT2D eigenvalue weighted by atomic mass is 10.1. The number of nitrogens with one attached hydrogen (secondary N) is 1. The number of carbonyl (C=O) groups excluding carboxylic acids is 1. The summed E-state index contributed by atoms with van der Waals surface area (Å²) >= 11 is 7.58. The highest BCUT2D eigenvalue weighted by Crippen LogP contribution is 2.32. The SMILES string of the molecule is CC(C)CN(CCNC(=O)c1cc(-c2ccc(Cl)s2)nc2ccccc12)CC(C)C. The van der Waals surface area contributed by atoms with Gasteiger partial charge in [0.15, 0.2) is 0 Å². The molecule has 0 aliphatic heterocycles. The van der Waals surface area contributed by atoms with Gasteiger partial charge in [-0.2, -0.15) is 0 Å². The molecule has 3 aromatic rings. The summed E-state index contributed by atoms with van der Waals surface area (Å²) in [5.74, 6) is 1.14. The van der Waals surface area contributed by atoms with E-state index in [0.29, 0.717) is 28.3 Å². The number of halogens is 1. The molecule has 1 N–H and O–H groups in total. The Kier molecular flexibility index (Phi) is 7.87. The van der Waals surface area contributed by atoms with Gasteiger partial charge in [-0.05, 0) is 36.1 Å². The average molecular weight is 444 g/mol. The summed E-state index contributed by atoms with van der Waals surface area (Å²) in [5, 5.41) is 3.98. The third-order valence-electron chi connectivity index (χ3n) is 4.75. The maximum Gasteiger partial charge on any atom is 0.252 e. The van der Waals surface area contributed by atoms with Crippen LogP contribution in [-0.2, 0) is 0 Å². The van der Waals surface area contributed by atoms with Gasteiger partial charge in [0.25, 0.3) is 5.91 Å². The lowest BCUT2D eigenvalue weighted by molar-refractivity contribution is 0.0948. The molecular weight excluding hydrogens is 414 g/mol. The second kappa shape index (κ2) is 10.4. The minimum atomic E-state index is -0.0634. The first-order chi connectivity index (χ1) is 14.3. The van der Waals surface area contributed by atoms with Gasteiger partial charge < -0.3 is 10.2 Å². The Morgan fingerprint density at radius 1 is 1.10 bits per heavy atom. The molecule has 2 aromatic heterocycles. The Morgan fingerprint density at radius 2 is 1.80 bits per heavy atom. The third kappa shape index (κ3) is 6.03. The maximum atomic E-state index is 13.1. The van der Waals surface area contributed by atoms with Crippen molar-refractivity contribution in [3.05, 3.63) is 52.4 Å². The number of carbonyl (C=O) groups is 1. The zero-order chi connectivity index (χ0) is 21.7. The number of hydrogen-bond acceptors (Lipinski definition) is 4. The summed E-state index contributed by atoms with van der Waals surface area (Å²) in [6.45, 7) is 12.5. The van der Waals surface area contributed by atoms with Crippen molar-refractivity contribution in [2.24, 2.45) is 11.8 Å². The number of aromatic nitrogens is 1. The van der Waals surface area contributed by atoms with E-state index in [9.17, 15) is 4.79 Å². The van der Waals surface area contributed by atoms with Crippen LogP contribution in [0.25, 0.3) is 21.5 Å². The Morgan fingerprint density at radius 3 is 2.43 bits per heavy atom. The van der Waals surface area contributed by atoms with Crippen molar-refractivity contribution < 1.29 is 4.79 Å². The molecule has 0 bridgehead atoms. The van der Waals surface area contributed by atoms with Gasteiger partial charge in [0, 0.05) is 31.6 Å². The molecule has 1 aromatic carbocycles. The molecule has 0 fully saturated rings. The highest BCUT2D eigenvalue weighted by atomic mass is 35.5. The number of hydrogen-bond donors (Lipinski definition) is 1. The van der Waals surface area contributed by atoms with E-state index in [-0.39, 0.29) is 5.91 Å². The van der Waals surface area contributed by atoms with E-state index in [4.69, 9.17) is 16.6 Å². The van der Waals surface area contributed by atoms with Crippen LogP contribution < -0.4 is 5.32 Å². The van der Waals surface area contributed by atoms with Crippen LogP contribution in [0, 0.1) is 11.8 Å². The summed E-state index contributed by atoms with van der Waals surface area (Å²) in [4.78, 5) is 21.2. The number of amides is 1. The van der Waals surface area contributed by atoms with E-state index in [1.165, 1.54) is 11.3 Å². The van der Waals surface area contributed by atoms with Crippen LogP contribution in [0.4, 0.5) is 0 Å². The van der Waals surface area contributed by atoms with Crippen molar-refractivity contribution in [1.29, 1.82) is 0 Å². The Hall–Kier alpha value is -1.95. The molecule has 6 heteroatoms. The molecule has 0 aliphatic rings. The Labute approximate surface area is 188 Å². The normalized spacial score (nSPS) is 11.7. The quantitative estimate of drug-likeness (QED) is 0.443. The van der Waals surface area contributed by atoms with E-state index in [2.05, 4.69) is 37.9 Å². The average Bonchev–Trinajstić information content (AvgIpc) is 3.12. The smallest absolute Gasteiger partial charge is 0.252 e. The van der Waals surface area contributed by atoms with Crippen LogP contribution in [0.5, 0.6) is 0 Å². The number of para-hydroxylation sites is 1. The van der Waals surface area contributed by atoms with Gasteiger partial charge in [-0.3, -0.25) is 4.79 Å². The number of thiophene rings is 1. The topological polar surface area (TPSA) is 45.2 Å². The second-order valence-corrected chi connectivity index (χ2v) is 10.2. The number of rotatable bonds is 9. The van der Waals surface area contributed by atoms with Crippen LogP contribution in [0.2, 0.25) is 4.34 Å². The van der Waals surface area contributed by atoms with E-state index in [0.717, 1.165) is 41.1 Å². The van der Waals surface area contributed by atoms with E-state index in [1.54, 1.807) is 0 Å². The summed E-state index contributed by atoms with van der Waals surface area (Å²) in [6, 6.07) is 13.5. The lowest BCUT2D eigenvalue weighted by Crippen LogP contribution is -2.38. The van der Waals surface area contributed by atoms with Crippen LogP contribution in [-0.4, -0.2) is 42.0 Å². The highest BCUT2D eigenvalue weighted by Gasteiger charge is 2.16. The maximum absolute atomic E-state index is 13.1. The van der Waals surface area contributed by atoms with Crippen molar-refractivity contribution >= 4 is 39.7 Å². The van der Waals surface area contributed by atoms with Crippen LogP contribution in [0.3, 0.4) is 0 Å². The molecule has 30 heavy (non-hydrogen) atoms. The Balaban J connectivity index is 1.78. The molecule has 0 spiro atoms. The highest BCUT2D eigenvalue weighted by molar-refractivity contribution is 7.19. The standard InChI is InChI=1S/C24H30ClN3OS/c1-16(2)14-28(15-17(3)4)12-11-26-24(29)19-13-21(22-9-10-23(25)30-22)27-20-8-6-5-7-18(19)20/h5-10,13,16-17H,11-12,14-15H2,1-4H3,(H,26,29). The van der Waals surface area contributed by atoms with E-state index in [1.807, 2.05) is 42.5 Å². The number of nitrogens with zero attached hydrogens (tertiary/aromatic N) is 2. The second-order valence-electron chi connectivity index (χ2n) is 8.48. The fourth-order valence-corrected chi connectivity index (χ4v) is 4.66. The number of pyridine rings is 1. The first-order valence-electron chi connectivity index (χ1n) is 10.5. The molecule has 4 nitrogen and oxygen atoms in total. The predicted molar refractivity (Wildman–Crippen MR) is 129 cm³/mol. The largest absolute Gasteiger partial charge is 0.351 e. The van der Waals surface area contributed by atoms with Gasteiger partial charge in [0.05, 0.1) is 26.0 Å². The number of benzene rings is 1. The van der Waals surface area contributed by atoms with Crippen LogP contribution in [0.15, 0.2) is 42.5 Å². The molecule has 0 saturated carbocycles. The van der Waals surface area contributed by atoms with Gasteiger partial charge in [-0.25, -0.2) is 4.98 Å². The van der Waals surface area contributed by atoms with Crippen molar-refractivity contribution in [3.63, 3.8) is 0 Å². The van der Waals surface area contributed by atoms with Gasteiger partial charge >= 0.3 is 0 Å². The molecule has 0 saturated heterocycles. The van der Waals surface area contributed by atoms with Gasteiger partial charge in [0.1, 0.15) is 0 Å². The fourth-order valence-electron chi connectivity index (χ4n) is 3.65. The molecule has 0 atom stereocenters. The minimum Gasteiger partial charge on any atom is -0.351 e. The van der Waals surface area contributed by atoms with Crippen molar-refractivity contribution in [2.45, 2.75) is 27.7 Å². The molecule has 2 heterocycles. The van der Waals surface area contributed by atoms with Gasteiger partial charge in [0.2, 0.25) is 0 Å². The zero-order valence-electron chi connectivity index (χ0n) is 18.1. The predicted octanol–water partition coefficient (Wildman–Crippen LogP) is 5.96. The van der Waals surface area contributed by atoms with Crippen molar-refractivity contribution in [3.8, 4) is 10.6 Å². The molecule has 160 valence electrons. The molecular formula is C24H30ClN3OS. The van der Waals surface area contributed by atoms with Gasteiger partial charge in [-0.15, -0.1) is 11.3 Å². The molecule has 0 radical (unpaired) electrons. The van der Waals surface area contributed by atoms with Crippen molar-refractivity contribution in [2.75, 3.05) is 26.2 Å². The Bertz CT molecular complexity index is 989. The molecule has 3 rings (SSSR count). The molecule has 1 amide bonds. The number of fused-ring (bicyclic) bond motifs is 1. The summed E-state index contributed by atoms with van der Waals surface area (Å²) in [5.41, 5.74) is 2.24. The van der Waals surface area contributed by atoms with E-state index < -0.39 is 0 Å². The summed E-state index contributed by atoms with van der Waals surface area (Å²) in [7, 11) is 0. The zero-order valence-corrected chi connectivity index (χ0v) is 19.7. The monoisotopic (exact) mass is 443 g/mol. The van der Waals surface area contributed by atoms with E-state index >= 15 is 0 Å². The molecule has 0 unspecified atom stereocenters. The molecule has 0 aliphatic carbocycles. The van der Waals surface area contributed by atoms with Crippen molar-refractivity contribution in [1.82, 2.24) is 15.2 Å². The lowest BCUT2D eigenvalue weighted by Gasteiger charge is -2.26. The summed E-state index contributed by atoms with van der Waals surface area (Å²) < 4.78 is 0.710.